The van der Waals surface area contributed by atoms with E-state index in [2.05, 4.69) is 4.90 Å². The number of aromatic nitrogens is 1. The lowest BCUT2D eigenvalue weighted by Gasteiger charge is -2.44. The molecule has 0 radical (unpaired) electrons. The molecule has 1 aromatic heterocycles. The molecule has 7 nitrogen and oxygen atoms in total. The van der Waals surface area contributed by atoms with Gasteiger partial charge in [0.1, 0.15) is 0 Å². The van der Waals surface area contributed by atoms with Gasteiger partial charge in [-0.25, -0.2) is 0 Å². The molecule has 1 fully saturated rings. The van der Waals surface area contributed by atoms with E-state index >= 15 is 0 Å². The molecule has 2 aliphatic heterocycles. The topological polar surface area (TPSA) is 88.8 Å². The van der Waals surface area contributed by atoms with Gasteiger partial charge in [-0.2, -0.15) is 0 Å². The van der Waals surface area contributed by atoms with E-state index in [1.54, 1.807) is 18.2 Å². The fourth-order valence-electron chi connectivity index (χ4n) is 4.14. The van der Waals surface area contributed by atoms with Gasteiger partial charge in [0, 0.05) is 48.6 Å². The molecule has 4 rings (SSSR count). The highest BCUT2D eigenvalue weighted by Crippen LogP contribution is 2.38. The first-order valence-electron chi connectivity index (χ1n) is 8.27. The number of pyridine rings is 1. The van der Waals surface area contributed by atoms with Crippen LogP contribution in [0.4, 0.5) is 11.4 Å². The molecule has 130 valence electrons. The van der Waals surface area contributed by atoms with Crippen molar-refractivity contribution in [1.29, 1.82) is 0 Å². The summed E-state index contributed by atoms with van der Waals surface area (Å²) in [6.45, 7) is 2.14. The molecule has 0 amide bonds. The van der Waals surface area contributed by atoms with Gasteiger partial charge in [-0.15, -0.1) is 0 Å². The van der Waals surface area contributed by atoms with Crippen molar-refractivity contribution in [2.75, 3.05) is 23.2 Å². The second-order valence-electron chi connectivity index (χ2n) is 6.74. The van der Waals surface area contributed by atoms with E-state index in [1.165, 1.54) is 12.1 Å². The molecule has 7 heteroatoms. The van der Waals surface area contributed by atoms with Gasteiger partial charge in [-0.05, 0) is 36.6 Å². The van der Waals surface area contributed by atoms with Crippen LogP contribution < -0.4 is 15.7 Å². The molecule has 2 bridgehead atoms. The van der Waals surface area contributed by atoms with Crippen LogP contribution in [0.5, 0.6) is 0 Å². The average molecular weight is 340 g/mol. The van der Waals surface area contributed by atoms with Gasteiger partial charge < -0.3 is 19.9 Å². The predicted octanol–water partition coefficient (Wildman–Crippen LogP) is 1.98. The molecule has 1 aromatic carbocycles. The Bertz CT molecular complexity index is 877. The highest BCUT2D eigenvalue weighted by Gasteiger charge is 2.35. The number of rotatable bonds is 3. The van der Waals surface area contributed by atoms with E-state index in [-0.39, 0.29) is 22.4 Å². The number of fused-ring (bicyclic) bond motifs is 4. The van der Waals surface area contributed by atoms with Crippen LogP contribution in [-0.2, 0) is 6.54 Å². The fraction of sp³-hybridized carbons (Fsp3) is 0.333. The summed E-state index contributed by atoms with van der Waals surface area (Å²) in [6.07, 6.45) is 1.73. The van der Waals surface area contributed by atoms with Gasteiger partial charge in [0.05, 0.1) is 5.69 Å². The van der Waals surface area contributed by atoms with Gasteiger partial charge in [-0.1, -0.05) is 6.07 Å². The molecule has 1 saturated heterocycles. The lowest BCUT2D eigenvalue weighted by Crippen LogP contribution is -2.47. The number of hydrogen-bond donors (Lipinski definition) is 1. The monoisotopic (exact) mass is 340 g/mol. The molecule has 0 unspecified atom stereocenters. The molecule has 2 aliphatic rings. The molecule has 2 atom stereocenters. The Morgan fingerprint density at radius 1 is 1.20 bits per heavy atom. The first kappa shape index (κ1) is 15.9. The van der Waals surface area contributed by atoms with E-state index in [4.69, 9.17) is 5.21 Å². The third kappa shape index (κ3) is 2.71. The van der Waals surface area contributed by atoms with Crippen LogP contribution in [0.3, 0.4) is 0 Å². The summed E-state index contributed by atoms with van der Waals surface area (Å²) in [6, 6.07) is 9.96. The van der Waals surface area contributed by atoms with E-state index < -0.39 is 0 Å². The van der Waals surface area contributed by atoms with Gasteiger partial charge in [-0.3, -0.25) is 14.8 Å². The van der Waals surface area contributed by atoms with Crippen molar-refractivity contribution in [3.8, 4) is 0 Å². The van der Waals surface area contributed by atoms with Crippen LogP contribution in [0.1, 0.15) is 28.4 Å². The Morgan fingerprint density at radius 2 is 2.04 bits per heavy atom. The van der Waals surface area contributed by atoms with Crippen LogP contribution in [0.25, 0.3) is 0 Å². The number of benzene rings is 1. The predicted molar refractivity (Wildman–Crippen MR) is 93.2 cm³/mol. The molecule has 25 heavy (non-hydrogen) atoms. The first-order chi connectivity index (χ1) is 12.1. The molecular weight excluding hydrogens is 322 g/mol. The van der Waals surface area contributed by atoms with Crippen molar-refractivity contribution in [3.63, 3.8) is 0 Å². The maximum Gasteiger partial charge on any atom is 0.250 e. The zero-order valence-corrected chi connectivity index (χ0v) is 13.5. The molecule has 2 aromatic rings. The summed E-state index contributed by atoms with van der Waals surface area (Å²) in [5.41, 5.74) is 2.23. The molecule has 0 aliphatic carbocycles. The standard InChI is InChI=1S/C18H18N3O4/c22-11-14-7-15(21(24)25)4-5-16(14)19-8-12-6-13(10-19)17-2-1-3-18(23)20(17)9-12/h1-5,7,11-13,24H,6,8-10H2/q-1/t12-,13-/m1/s1. The Morgan fingerprint density at radius 3 is 2.80 bits per heavy atom. The van der Waals surface area contributed by atoms with Crippen LogP contribution in [0.2, 0.25) is 0 Å². The first-order valence-corrected chi connectivity index (χ1v) is 8.27. The van der Waals surface area contributed by atoms with Gasteiger partial charge in [0.2, 0.25) is 0 Å². The summed E-state index contributed by atoms with van der Waals surface area (Å²) in [7, 11) is 0. The SMILES string of the molecule is O=Cc1cc(N([O-])O)ccc1N1C[C@H]2C[C@H](C1)c1cccc(=O)n1C2. The number of hydrogen-bond acceptors (Lipinski definition) is 6. The van der Waals surface area contributed by atoms with Crippen molar-refractivity contribution >= 4 is 17.7 Å². The summed E-state index contributed by atoms with van der Waals surface area (Å²) >= 11 is 0. The van der Waals surface area contributed by atoms with Crippen molar-refractivity contribution in [2.45, 2.75) is 18.9 Å². The molecule has 0 saturated carbocycles. The summed E-state index contributed by atoms with van der Waals surface area (Å²) in [4.78, 5) is 25.7. The third-order valence-electron chi connectivity index (χ3n) is 5.18. The lowest BCUT2D eigenvalue weighted by molar-refractivity contribution is 0.112. The van der Waals surface area contributed by atoms with Gasteiger partial charge in [0.25, 0.3) is 5.56 Å². The largest absolute Gasteiger partial charge is 0.733 e. The van der Waals surface area contributed by atoms with Crippen molar-refractivity contribution in [2.24, 2.45) is 5.92 Å². The van der Waals surface area contributed by atoms with Crippen LogP contribution >= 0.6 is 0 Å². The minimum Gasteiger partial charge on any atom is -0.733 e. The second kappa shape index (κ2) is 6.02. The maximum absolute atomic E-state index is 12.1. The highest BCUT2D eigenvalue weighted by molar-refractivity contribution is 5.86. The van der Waals surface area contributed by atoms with E-state index in [9.17, 15) is 14.8 Å². The Hall–Kier alpha value is -2.64. The van der Waals surface area contributed by atoms with E-state index in [0.717, 1.165) is 24.3 Å². The highest BCUT2D eigenvalue weighted by atomic mass is 16.8. The van der Waals surface area contributed by atoms with Crippen LogP contribution in [-0.4, -0.2) is 29.2 Å². The molecule has 0 spiro atoms. The Kier molecular flexibility index (Phi) is 3.82. The number of carbonyl (C=O) groups excluding carboxylic acids is 1. The summed E-state index contributed by atoms with van der Waals surface area (Å²) in [5, 5.41) is 19.8. The number of aldehydes is 1. The van der Waals surface area contributed by atoms with Crippen molar-refractivity contribution < 1.29 is 10.0 Å². The number of nitrogens with zero attached hydrogens (tertiary/aromatic N) is 3. The third-order valence-corrected chi connectivity index (χ3v) is 5.18. The van der Waals surface area contributed by atoms with E-state index in [0.29, 0.717) is 30.9 Å². The summed E-state index contributed by atoms with van der Waals surface area (Å²) in [5.74, 6) is 0.564. The number of anilines is 2. The molecular formula is C18H18N3O4-. The smallest absolute Gasteiger partial charge is 0.250 e. The Labute approximate surface area is 144 Å². The minimum absolute atomic E-state index is 0.0277. The number of carbonyl (C=O) groups is 1. The molecule has 3 heterocycles. The Balaban J connectivity index is 1.69. The van der Waals surface area contributed by atoms with Crippen molar-refractivity contribution in [1.82, 2.24) is 4.57 Å². The minimum atomic E-state index is -0.246. The van der Waals surface area contributed by atoms with Gasteiger partial charge >= 0.3 is 0 Å². The summed E-state index contributed by atoms with van der Waals surface area (Å²) < 4.78 is 1.86. The fourth-order valence-corrected chi connectivity index (χ4v) is 4.14. The number of piperidine rings is 1. The second-order valence-corrected chi connectivity index (χ2v) is 6.74. The lowest BCUT2D eigenvalue weighted by atomic mass is 9.82. The zero-order valence-electron chi connectivity index (χ0n) is 13.5. The average Bonchev–Trinajstić information content (AvgIpc) is 2.62. The maximum atomic E-state index is 12.1. The zero-order chi connectivity index (χ0) is 17.6. The van der Waals surface area contributed by atoms with Crippen LogP contribution in [0, 0.1) is 11.1 Å². The molecule has 1 N–H and O–H groups in total. The van der Waals surface area contributed by atoms with Crippen molar-refractivity contribution in [3.05, 3.63) is 63.2 Å². The van der Waals surface area contributed by atoms with Gasteiger partial charge in [0.15, 0.2) is 6.29 Å². The quantitative estimate of drug-likeness (QED) is 0.679. The normalized spacial score (nSPS) is 21.6. The van der Waals surface area contributed by atoms with Crippen LogP contribution in [0.15, 0.2) is 41.2 Å². The van der Waals surface area contributed by atoms with E-state index in [1.807, 2.05) is 10.6 Å².